The molecule has 1 N–H and O–H groups in total. The molecule has 0 spiro atoms. The SMILES string of the molecule is CCCn1c(SC(C)C(=O)Nc2ccc(Br)cc2)nnc1-c1ccncc1. The van der Waals surface area contributed by atoms with Gasteiger partial charge in [0, 0.05) is 34.7 Å². The number of carbonyl (C=O) groups excluding carboxylic acids is 1. The van der Waals surface area contributed by atoms with Gasteiger partial charge in [-0.1, -0.05) is 34.6 Å². The molecule has 1 amide bonds. The number of aromatic nitrogens is 4. The van der Waals surface area contributed by atoms with E-state index in [-0.39, 0.29) is 11.2 Å². The van der Waals surface area contributed by atoms with Crippen LogP contribution >= 0.6 is 27.7 Å². The van der Waals surface area contributed by atoms with Crippen molar-refractivity contribution in [1.82, 2.24) is 19.7 Å². The van der Waals surface area contributed by atoms with Gasteiger partial charge >= 0.3 is 0 Å². The van der Waals surface area contributed by atoms with E-state index in [4.69, 9.17) is 0 Å². The Kier molecular flexibility index (Phi) is 6.63. The fraction of sp³-hybridized carbons (Fsp3) is 0.263. The van der Waals surface area contributed by atoms with Crippen LogP contribution < -0.4 is 5.32 Å². The molecule has 27 heavy (non-hydrogen) atoms. The van der Waals surface area contributed by atoms with Gasteiger partial charge in [-0.05, 0) is 49.7 Å². The number of benzene rings is 1. The third-order valence-electron chi connectivity index (χ3n) is 3.87. The molecule has 2 aromatic heterocycles. The number of hydrogen-bond donors (Lipinski definition) is 1. The molecule has 0 aliphatic carbocycles. The van der Waals surface area contributed by atoms with Gasteiger partial charge in [-0.3, -0.25) is 9.78 Å². The Labute approximate surface area is 170 Å². The monoisotopic (exact) mass is 445 g/mol. The van der Waals surface area contributed by atoms with Crippen LogP contribution in [0.3, 0.4) is 0 Å². The minimum absolute atomic E-state index is 0.0705. The number of anilines is 1. The highest BCUT2D eigenvalue weighted by molar-refractivity contribution is 9.10. The van der Waals surface area contributed by atoms with Crippen molar-refractivity contribution in [3.05, 3.63) is 53.3 Å². The second kappa shape index (κ2) is 9.14. The number of amides is 1. The molecule has 2 heterocycles. The molecule has 1 atom stereocenters. The third-order valence-corrected chi connectivity index (χ3v) is 5.47. The van der Waals surface area contributed by atoms with E-state index < -0.39 is 0 Å². The molecule has 0 aliphatic heterocycles. The van der Waals surface area contributed by atoms with E-state index in [1.165, 1.54) is 11.8 Å². The van der Waals surface area contributed by atoms with Crippen molar-refractivity contribution in [2.75, 3.05) is 5.32 Å². The van der Waals surface area contributed by atoms with E-state index in [2.05, 4.69) is 47.9 Å². The Morgan fingerprint density at radius 2 is 1.89 bits per heavy atom. The van der Waals surface area contributed by atoms with E-state index in [0.29, 0.717) is 0 Å². The van der Waals surface area contributed by atoms with E-state index in [0.717, 1.165) is 39.7 Å². The van der Waals surface area contributed by atoms with E-state index >= 15 is 0 Å². The Morgan fingerprint density at radius 1 is 1.19 bits per heavy atom. The van der Waals surface area contributed by atoms with Crippen LogP contribution in [0.25, 0.3) is 11.4 Å². The normalized spacial score (nSPS) is 12.0. The van der Waals surface area contributed by atoms with Crippen molar-refractivity contribution < 1.29 is 4.79 Å². The second-order valence-corrected chi connectivity index (χ2v) is 8.17. The number of hydrogen-bond acceptors (Lipinski definition) is 5. The number of thioether (sulfide) groups is 1. The lowest BCUT2D eigenvalue weighted by molar-refractivity contribution is -0.115. The summed E-state index contributed by atoms with van der Waals surface area (Å²) in [5.74, 6) is 0.723. The highest BCUT2D eigenvalue weighted by atomic mass is 79.9. The van der Waals surface area contributed by atoms with Crippen LogP contribution in [0.5, 0.6) is 0 Å². The average Bonchev–Trinajstić information content (AvgIpc) is 3.07. The molecule has 0 aliphatic rings. The summed E-state index contributed by atoms with van der Waals surface area (Å²) in [5.41, 5.74) is 1.73. The number of carbonyl (C=O) groups is 1. The standard InChI is InChI=1S/C19H20BrN5OS/c1-3-12-25-17(14-8-10-21-11-9-14)23-24-19(25)27-13(2)18(26)22-16-6-4-15(20)5-7-16/h4-11,13H,3,12H2,1-2H3,(H,22,26). The highest BCUT2D eigenvalue weighted by Crippen LogP contribution is 2.27. The lowest BCUT2D eigenvalue weighted by Gasteiger charge is -2.13. The van der Waals surface area contributed by atoms with Gasteiger partial charge in [0.15, 0.2) is 11.0 Å². The molecule has 1 aromatic carbocycles. The molecule has 6 nitrogen and oxygen atoms in total. The first-order valence-electron chi connectivity index (χ1n) is 8.65. The maximum Gasteiger partial charge on any atom is 0.237 e. The molecular formula is C19H20BrN5OS. The zero-order valence-corrected chi connectivity index (χ0v) is 17.5. The number of halogens is 1. The molecule has 140 valence electrons. The smallest absolute Gasteiger partial charge is 0.237 e. The predicted octanol–water partition coefficient (Wildman–Crippen LogP) is 4.63. The Balaban J connectivity index is 1.75. The fourth-order valence-corrected chi connectivity index (χ4v) is 3.64. The van der Waals surface area contributed by atoms with Crippen molar-refractivity contribution >= 4 is 39.3 Å². The summed E-state index contributed by atoms with van der Waals surface area (Å²) >= 11 is 4.80. The molecular weight excluding hydrogens is 426 g/mol. The van der Waals surface area contributed by atoms with Gasteiger partial charge in [0.2, 0.25) is 5.91 Å². The lowest BCUT2D eigenvalue weighted by atomic mass is 10.2. The lowest BCUT2D eigenvalue weighted by Crippen LogP contribution is -2.23. The van der Waals surface area contributed by atoms with Crippen molar-refractivity contribution in [2.24, 2.45) is 0 Å². The number of nitrogens with zero attached hydrogens (tertiary/aromatic N) is 4. The summed E-state index contributed by atoms with van der Waals surface area (Å²) in [4.78, 5) is 16.6. The molecule has 0 radical (unpaired) electrons. The van der Waals surface area contributed by atoms with Crippen molar-refractivity contribution in [3.8, 4) is 11.4 Å². The summed E-state index contributed by atoms with van der Waals surface area (Å²) < 4.78 is 3.03. The van der Waals surface area contributed by atoms with E-state index in [9.17, 15) is 4.79 Å². The van der Waals surface area contributed by atoms with Crippen molar-refractivity contribution in [2.45, 2.75) is 37.2 Å². The minimum atomic E-state index is -0.307. The molecule has 8 heteroatoms. The van der Waals surface area contributed by atoms with Crippen molar-refractivity contribution in [1.29, 1.82) is 0 Å². The molecule has 3 aromatic rings. The number of rotatable bonds is 7. The summed E-state index contributed by atoms with van der Waals surface area (Å²) in [7, 11) is 0. The molecule has 1 unspecified atom stereocenters. The average molecular weight is 446 g/mol. The van der Waals surface area contributed by atoms with Crippen LogP contribution in [0.2, 0.25) is 0 Å². The van der Waals surface area contributed by atoms with Gasteiger partial charge in [0.25, 0.3) is 0 Å². The summed E-state index contributed by atoms with van der Waals surface area (Å²) in [6.45, 7) is 4.76. The summed E-state index contributed by atoms with van der Waals surface area (Å²) in [6, 6.07) is 11.3. The third kappa shape index (κ3) is 4.95. The zero-order chi connectivity index (χ0) is 19.2. The van der Waals surface area contributed by atoms with E-state index in [1.807, 2.05) is 43.3 Å². The first kappa shape index (κ1) is 19.6. The van der Waals surface area contributed by atoms with Crippen LogP contribution in [0.4, 0.5) is 5.69 Å². The van der Waals surface area contributed by atoms with Crippen LogP contribution in [0, 0.1) is 0 Å². The highest BCUT2D eigenvalue weighted by Gasteiger charge is 2.20. The Morgan fingerprint density at radius 3 is 2.56 bits per heavy atom. The van der Waals surface area contributed by atoms with Gasteiger partial charge in [0.1, 0.15) is 0 Å². The Bertz CT molecular complexity index is 898. The van der Waals surface area contributed by atoms with Crippen molar-refractivity contribution in [3.63, 3.8) is 0 Å². The van der Waals surface area contributed by atoms with Gasteiger partial charge < -0.3 is 9.88 Å². The maximum absolute atomic E-state index is 12.5. The summed E-state index contributed by atoms with van der Waals surface area (Å²) in [5, 5.41) is 12.0. The second-order valence-electron chi connectivity index (χ2n) is 5.95. The van der Waals surface area contributed by atoms with Gasteiger partial charge in [-0.25, -0.2) is 0 Å². The van der Waals surface area contributed by atoms with Gasteiger partial charge in [-0.15, -0.1) is 10.2 Å². The first-order valence-corrected chi connectivity index (χ1v) is 10.3. The topological polar surface area (TPSA) is 72.7 Å². The minimum Gasteiger partial charge on any atom is -0.325 e. The van der Waals surface area contributed by atoms with Crippen LogP contribution in [-0.2, 0) is 11.3 Å². The maximum atomic E-state index is 12.5. The van der Waals surface area contributed by atoms with Gasteiger partial charge in [0.05, 0.1) is 5.25 Å². The van der Waals surface area contributed by atoms with Crippen LogP contribution in [0.15, 0.2) is 58.4 Å². The Hall–Kier alpha value is -2.19. The molecule has 0 saturated heterocycles. The molecule has 0 saturated carbocycles. The number of nitrogens with one attached hydrogen (secondary N) is 1. The predicted molar refractivity (Wildman–Crippen MR) is 112 cm³/mol. The molecule has 3 rings (SSSR count). The number of pyridine rings is 1. The molecule has 0 bridgehead atoms. The quantitative estimate of drug-likeness (QED) is 0.536. The fourth-order valence-electron chi connectivity index (χ4n) is 2.50. The first-order chi connectivity index (χ1) is 13.1. The summed E-state index contributed by atoms with van der Waals surface area (Å²) in [6.07, 6.45) is 4.42. The largest absolute Gasteiger partial charge is 0.325 e. The molecule has 0 fully saturated rings. The van der Waals surface area contributed by atoms with Crippen LogP contribution in [-0.4, -0.2) is 30.9 Å². The van der Waals surface area contributed by atoms with Crippen LogP contribution in [0.1, 0.15) is 20.3 Å². The van der Waals surface area contributed by atoms with Gasteiger partial charge in [-0.2, -0.15) is 0 Å². The van der Waals surface area contributed by atoms with E-state index in [1.54, 1.807) is 12.4 Å². The zero-order valence-electron chi connectivity index (χ0n) is 15.1.